The maximum atomic E-state index is 13.7. The van der Waals surface area contributed by atoms with Crippen LogP contribution >= 0.6 is 0 Å². The number of hydrogen-bond acceptors (Lipinski definition) is 3. The fourth-order valence-electron chi connectivity index (χ4n) is 2.36. The van der Waals surface area contributed by atoms with Crippen LogP contribution in [0.15, 0.2) is 34.1 Å². The first kappa shape index (κ1) is 14.2. The van der Waals surface area contributed by atoms with Crippen LogP contribution in [0.5, 0.6) is 0 Å². The van der Waals surface area contributed by atoms with E-state index in [4.69, 9.17) is 0 Å². The fourth-order valence-corrected chi connectivity index (χ4v) is 2.36. The summed E-state index contributed by atoms with van der Waals surface area (Å²) in [7, 11) is 2.84. The molecule has 3 aromatic rings. The first-order valence-corrected chi connectivity index (χ1v) is 6.45. The van der Waals surface area contributed by atoms with Crippen LogP contribution < -0.4 is 11.2 Å². The monoisotopic (exact) mass is 306 g/mol. The molecule has 0 aliphatic heterocycles. The van der Waals surface area contributed by atoms with E-state index in [9.17, 15) is 18.4 Å². The molecular weight excluding hydrogens is 294 g/mol. The zero-order chi connectivity index (χ0) is 16.0. The van der Waals surface area contributed by atoms with Crippen molar-refractivity contribution in [3.8, 4) is 0 Å². The van der Waals surface area contributed by atoms with Crippen molar-refractivity contribution in [2.24, 2.45) is 14.1 Å². The van der Waals surface area contributed by atoms with Gasteiger partial charge in [-0.3, -0.25) is 13.9 Å². The summed E-state index contributed by atoms with van der Waals surface area (Å²) in [4.78, 5) is 28.1. The molecule has 6 nitrogen and oxygen atoms in total. The third kappa shape index (κ3) is 2.03. The SMILES string of the molecule is Cn1c(=O)c2c(ncn2Cc2cc(F)ccc2F)n(C)c1=O. The second kappa shape index (κ2) is 4.90. The Balaban J connectivity index is 2.23. The van der Waals surface area contributed by atoms with Gasteiger partial charge in [0.05, 0.1) is 12.9 Å². The van der Waals surface area contributed by atoms with Gasteiger partial charge in [0.1, 0.15) is 11.6 Å². The summed E-state index contributed by atoms with van der Waals surface area (Å²) >= 11 is 0. The maximum absolute atomic E-state index is 13.7. The Bertz CT molecular complexity index is 1000. The zero-order valence-electron chi connectivity index (χ0n) is 11.9. The molecule has 0 aliphatic rings. The molecule has 0 atom stereocenters. The first-order chi connectivity index (χ1) is 10.4. The molecule has 0 saturated heterocycles. The molecule has 0 radical (unpaired) electrons. The molecule has 0 bridgehead atoms. The molecule has 114 valence electrons. The van der Waals surface area contributed by atoms with Crippen LogP contribution in [0.3, 0.4) is 0 Å². The van der Waals surface area contributed by atoms with E-state index in [0.717, 1.165) is 22.8 Å². The Kier molecular flexibility index (Phi) is 3.16. The molecule has 1 aromatic carbocycles. The molecule has 0 saturated carbocycles. The minimum Gasteiger partial charge on any atom is -0.320 e. The Morgan fingerprint density at radius 2 is 1.86 bits per heavy atom. The van der Waals surface area contributed by atoms with Gasteiger partial charge in [-0.15, -0.1) is 0 Å². The summed E-state index contributed by atoms with van der Waals surface area (Å²) in [5.41, 5.74) is -0.583. The highest BCUT2D eigenvalue weighted by Gasteiger charge is 2.15. The fraction of sp³-hybridized carbons (Fsp3) is 0.214. The summed E-state index contributed by atoms with van der Waals surface area (Å²) in [5.74, 6) is -1.15. The topological polar surface area (TPSA) is 61.8 Å². The van der Waals surface area contributed by atoms with Gasteiger partial charge in [0.15, 0.2) is 11.2 Å². The standard InChI is InChI=1S/C14H12F2N4O2/c1-18-12-11(13(21)19(2)14(18)22)20(7-17-12)6-8-5-9(15)3-4-10(8)16/h3-5,7H,6H2,1-2H3. The summed E-state index contributed by atoms with van der Waals surface area (Å²) in [5, 5.41) is 0. The van der Waals surface area contributed by atoms with Crippen molar-refractivity contribution in [1.82, 2.24) is 18.7 Å². The number of fused-ring (bicyclic) bond motifs is 1. The van der Waals surface area contributed by atoms with Crippen molar-refractivity contribution < 1.29 is 8.78 Å². The average molecular weight is 306 g/mol. The number of hydrogen-bond donors (Lipinski definition) is 0. The van der Waals surface area contributed by atoms with Crippen molar-refractivity contribution in [3.05, 3.63) is 62.6 Å². The minimum absolute atomic E-state index is 0.0620. The number of aromatic nitrogens is 4. The zero-order valence-corrected chi connectivity index (χ0v) is 11.9. The predicted octanol–water partition coefficient (Wildman–Crippen LogP) is 0.760. The van der Waals surface area contributed by atoms with Crippen LogP contribution in [0.1, 0.15) is 5.56 Å². The molecule has 0 aliphatic carbocycles. The summed E-state index contributed by atoms with van der Waals surface area (Å²) in [6.07, 6.45) is 1.33. The van der Waals surface area contributed by atoms with E-state index in [1.54, 1.807) is 0 Å². The van der Waals surface area contributed by atoms with Gasteiger partial charge in [-0.05, 0) is 18.2 Å². The van der Waals surface area contributed by atoms with Crippen LogP contribution in [0, 0.1) is 11.6 Å². The van der Waals surface area contributed by atoms with E-state index in [2.05, 4.69) is 4.98 Å². The molecule has 2 heterocycles. The second-order valence-electron chi connectivity index (χ2n) is 4.99. The molecule has 22 heavy (non-hydrogen) atoms. The van der Waals surface area contributed by atoms with E-state index in [-0.39, 0.29) is 23.3 Å². The minimum atomic E-state index is -0.579. The van der Waals surface area contributed by atoms with E-state index in [1.165, 1.54) is 29.6 Å². The van der Waals surface area contributed by atoms with E-state index >= 15 is 0 Å². The number of nitrogens with zero attached hydrogens (tertiary/aromatic N) is 4. The Labute approximate surface area is 122 Å². The van der Waals surface area contributed by atoms with Crippen molar-refractivity contribution in [1.29, 1.82) is 0 Å². The van der Waals surface area contributed by atoms with Gasteiger partial charge in [0.25, 0.3) is 5.56 Å². The lowest BCUT2D eigenvalue weighted by Crippen LogP contribution is -2.37. The molecule has 0 unspecified atom stereocenters. The maximum Gasteiger partial charge on any atom is 0.332 e. The molecule has 0 N–H and O–H groups in total. The third-order valence-corrected chi connectivity index (χ3v) is 3.57. The van der Waals surface area contributed by atoms with Gasteiger partial charge in [-0.2, -0.15) is 0 Å². The highest BCUT2D eigenvalue weighted by atomic mass is 19.1. The summed E-state index contributed by atoms with van der Waals surface area (Å²) < 4.78 is 30.6. The van der Waals surface area contributed by atoms with Crippen LogP contribution in [0.4, 0.5) is 8.78 Å². The Hall–Kier alpha value is -2.77. The van der Waals surface area contributed by atoms with Crippen LogP contribution in [0.25, 0.3) is 11.2 Å². The van der Waals surface area contributed by atoms with Crippen LogP contribution in [0.2, 0.25) is 0 Å². The normalized spacial score (nSPS) is 11.3. The lowest BCUT2D eigenvalue weighted by molar-refractivity contribution is 0.578. The number of halogens is 2. The third-order valence-electron chi connectivity index (χ3n) is 3.57. The predicted molar refractivity (Wildman–Crippen MR) is 75.7 cm³/mol. The van der Waals surface area contributed by atoms with Crippen molar-refractivity contribution in [2.75, 3.05) is 0 Å². The van der Waals surface area contributed by atoms with E-state index in [1.807, 2.05) is 0 Å². The number of rotatable bonds is 2. The van der Waals surface area contributed by atoms with Gasteiger partial charge in [0, 0.05) is 19.7 Å². The molecule has 2 aromatic heterocycles. The average Bonchev–Trinajstić information content (AvgIpc) is 2.90. The summed E-state index contributed by atoms with van der Waals surface area (Å²) in [6, 6.07) is 3.11. The van der Waals surface area contributed by atoms with Crippen LogP contribution in [-0.4, -0.2) is 18.7 Å². The number of imidazole rings is 1. The number of aryl methyl sites for hydroxylation is 1. The highest BCUT2D eigenvalue weighted by Crippen LogP contribution is 2.14. The first-order valence-electron chi connectivity index (χ1n) is 6.45. The molecule has 0 fully saturated rings. The smallest absolute Gasteiger partial charge is 0.320 e. The molecule has 0 amide bonds. The molecule has 0 spiro atoms. The summed E-state index contributed by atoms with van der Waals surface area (Å²) in [6.45, 7) is -0.0620. The quantitative estimate of drug-likeness (QED) is 0.702. The van der Waals surface area contributed by atoms with Gasteiger partial charge in [-0.25, -0.2) is 18.6 Å². The highest BCUT2D eigenvalue weighted by molar-refractivity contribution is 5.70. The lowest BCUT2D eigenvalue weighted by Gasteiger charge is -2.07. The second-order valence-corrected chi connectivity index (χ2v) is 4.99. The Morgan fingerprint density at radius 1 is 1.14 bits per heavy atom. The van der Waals surface area contributed by atoms with Gasteiger partial charge in [0.2, 0.25) is 0 Å². The van der Waals surface area contributed by atoms with Crippen molar-refractivity contribution in [2.45, 2.75) is 6.54 Å². The lowest BCUT2D eigenvalue weighted by atomic mass is 10.2. The molecule has 8 heteroatoms. The van der Waals surface area contributed by atoms with E-state index in [0.29, 0.717) is 0 Å². The molecule has 3 rings (SSSR count). The Morgan fingerprint density at radius 3 is 2.59 bits per heavy atom. The van der Waals surface area contributed by atoms with Gasteiger partial charge >= 0.3 is 5.69 Å². The largest absolute Gasteiger partial charge is 0.332 e. The van der Waals surface area contributed by atoms with Crippen molar-refractivity contribution >= 4 is 11.2 Å². The van der Waals surface area contributed by atoms with E-state index < -0.39 is 22.9 Å². The van der Waals surface area contributed by atoms with Crippen LogP contribution in [-0.2, 0) is 20.6 Å². The van der Waals surface area contributed by atoms with Gasteiger partial charge in [-0.1, -0.05) is 0 Å². The van der Waals surface area contributed by atoms with Gasteiger partial charge < -0.3 is 4.57 Å². The molecular formula is C14H12F2N4O2. The number of benzene rings is 1. The van der Waals surface area contributed by atoms with Crippen molar-refractivity contribution in [3.63, 3.8) is 0 Å².